The standard InChI is InChI=1S/C31H32ClN3O4/c1-38-28-13-10-21(16-29(28)39-2)19-34(15-14-23-18-33-27-9-4-3-8-26(23)27)30(36)20-35(25-11-12-25)31(37)22-6-5-7-24(32)17-22/h3-10,13,16-18,25,33H,11-12,14-15,19-20H2,1-2H3. The molecule has 1 heterocycles. The summed E-state index contributed by atoms with van der Waals surface area (Å²) >= 11 is 6.15. The number of benzene rings is 3. The molecule has 1 saturated carbocycles. The number of hydrogen-bond donors (Lipinski definition) is 1. The highest BCUT2D eigenvalue weighted by Gasteiger charge is 2.35. The summed E-state index contributed by atoms with van der Waals surface area (Å²) in [5, 5.41) is 1.64. The van der Waals surface area contributed by atoms with E-state index in [4.69, 9.17) is 21.1 Å². The third-order valence-corrected chi connectivity index (χ3v) is 7.36. The number of ether oxygens (including phenoxy) is 2. The third-order valence-electron chi connectivity index (χ3n) is 7.13. The molecule has 0 atom stereocenters. The largest absolute Gasteiger partial charge is 0.493 e. The summed E-state index contributed by atoms with van der Waals surface area (Å²) in [6.07, 6.45) is 4.47. The summed E-state index contributed by atoms with van der Waals surface area (Å²) in [5.41, 5.74) is 3.62. The Labute approximate surface area is 233 Å². The van der Waals surface area contributed by atoms with E-state index in [1.54, 1.807) is 43.4 Å². The fourth-order valence-electron chi connectivity index (χ4n) is 4.87. The van der Waals surface area contributed by atoms with Gasteiger partial charge in [0.1, 0.15) is 6.54 Å². The molecule has 39 heavy (non-hydrogen) atoms. The van der Waals surface area contributed by atoms with Crippen molar-refractivity contribution in [1.29, 1.82) is 0 Å². The van der Waals surface area contributed by atoms with Gasteiger partial charge in [-0.25, -0.2) is 0 Å². The van der Waals surface area contributed by atoms with Gasteiger partial charge < -0.3 is 24.3 Å². The molecule has 0 aliphatic heterocycles. The first-order chi connectivity index (χ1) is 19.0. The molecule has 8 heteroatoms. The quantitative estimate of drug-likeness (QED) is 0.262. The third kappa shape index (κ3) is 6.20. The number of amides is 2. The molecule has 2 amide bonds. The van der Waals surface area contributed by atoms with Crippen molar-refractivity contribution >= 4 is 34.3 Å². The van der Waals surface area contributed by atoms with Gasteiger partial charge in [0.2, 0.25) is 5.91 Å². The maximum absolute atomic E-state index is 13.8. The van der Waals surface area contributed by atoms with Crippen LogP contribution in [0.4, 0.5) is 0 Å². The number of rotatable bonds is 11. The lowest BCUT2D eigenvalue weighted by molar-refractivity contribution is -0.132. The van der Waals surface area contributed by atoms with Crippen LogP contribution in [0.25, 0.3) is 10.9 Å². The fourth-order valence-corrected chi connectivity index (χ4v) is 5.06. The average molecular weight is 546 g/mol. The van der Waals surface area contributed by atoms with Crippen molar-refractivity contribution in [2.45, 2.75) is 31.8 Å². The van der Waals surface area contributed by atoms with E-state index in [1.807, 2.05) is 47.5 Å². The maximum Gasteiger partial charge on any atom is 0.254 e. The Morgan fingerprint density at radius 3 is 2.51 bits per heavy atom. The van der Waals surface area contributed by atoms with Crippen LogP contribution in [0.3, 0.4) is 0 Å². The lowest BCUT2D eigenvalue weighted by atomic mass is 10.1. The zero-order chi connectivity index (χ0) is 27.4. The number of nitrogens with one attached hydrogen (secondary N) is 1. The van der Waals surface area contributed by atoms with Gasteiger partial charge in [-0.15, -0.1) is 0 Å². The van der Waals surface area contributed by atoms with Gasteiger partial charge >= 0.3 is 0 Å². The molecule has 1 N–H and O–H groups in total. The first-order valence-corrected chi connectivity index (χ1v) is 13.4. The smallest absolute Gasteiger partial charge is 0.254 e. The van der Waals surface area contributed by atoms with Gasteiger partial charge in [0, 0.05) is 46.8 Å². The number of carbonyl (C=O) groups is 2. The van der Waals surface area contributed by atoms with E-state index in [0.29, 0.717) is 41.6 Å². The topological polar surface area (TPSA) is 74.9 Å². The van der Waals surface area contributed by atoms with E-state index >= 15 is 0 Å². The number of para-hydroxylation sites is 1. The molecule has 0 spiro atoms. The zero-order valence-corrected chi connectivity index (χ0v) is 22.9. The minimum absolute atomic E-state index is 0.0111. The predicted molar refractivity (Wildman–Crippen MR) is 152 cm³/mol. The van der Waals surface area contributed by atoms with Crippen molar-refractivity contribution in [1.82, 2.24) is 14.8 Å². The zero-order valence-electron chi connectivity index (χ0n) is 22.2. The van der Waals surface area contributed by atoms with Crippen LogP contribution in [0.2, 0.25) is 5.02 Å². The normalized spacial score (nSPS) is 12.8. The van der Waals surface area contributed by atoms with Crippen molar-refractivity contribution in [3.05, 3.63) is 94.6 Å². The molecule has 1 fully saturated rings. The highest BCUT2D eigenvalue weighted by Crippen LogP contribution is 2.30. The number of carbonyl (C=O) groups excluding carboxylic acids is 2. The highest BCUT2D eigenvalue weighted by molar-refractivity contribution is 6.31. The van der Waals surface area contributed by atoms with E-state index < -0.39 is 0 Å². The summed E-state index contributed by atoms with van der Waals surface area (Å²) < 4.78 is 10.9. The van der Waals surface area contributed by atoms with Gasteiger partial charge in [-0.05, 0) is 66.8 Å². The number of hydrogen-bond acceptors (Lipinski definition) is 4. The number of nitrogens with zero attached hydrogens (tertiary/aromatic N) is 2. The number of fused-ring (bicyclic) bond motifs is 1. The minimum Gasteiger partial charge on any atom is -0.493 e. The molecule has 202 valence electrons. The predicted octanol–water partition coefficient (Wildman–Crippen LogP) is 5.71. The van der Waals surface area contributed by atoms with Crippen LogP contribution in [0.15, 0.2) is 72.9 Å². The van der Waals surface area contributed by atoms with Crippen LogP contribution < -0.4 is 9.47 Å². The maximum atomic E-state index is 13.8. The summed E-state index contributed by atoms with van der Waals surface area (Å²) in [5.74, 6) is 0.961. The second kappa shape index (κ2) is 11.8. The molecule has 0 radical (unpaired) electrons. The summed E-state index contributed by atoms with van der Waals surface area (Å²) in [6.45, 7) is 0.890. The number of methoxy groups -OCH3 is 2. The van der Waals surface area contributed by atoms with Crippen LogP contribution in [0.1, 0.15) is 34.3 Å². The van der Waals surface area contributed by atoms with Gasteiger partial charge in [0.05, 0.1) is 14.2 Å². The van der Waals surface area contributed by atoms with E-state index in [9.17, 15) is 9.59 Å². The van der Waals surface area contributed by atoms with Crippen LogP contribution in [0, 0.1) is 0 Å². The Hall–Kier alpha value is -3.97. The van der Waals surface area contributed by atoms with Crippen LogP contribution >= 0.6 is 11.6 Å². The lowest BCUT2D eigenvalue weighted by Gasteiger charge is -2.28. The Balaban J connectivity index is 1.38. The molecule has 0 saturated heterocycles. The fraction of sp³-hybridized carbons (Fsp3) is 0.290. The highest BCUT2D eigenvalue weighted by atomic mass is 35.5. The van der Waals surface area contributed by atoms with Crippen LogP contribution in [-0.4, -0.2) is 59.9 Å². The SMILES string of the molecule is COc1ccc(CN(CCc2c[nH]c3ccccc23)C(=O)CN(C(=O)c2cccc(Cl)c2)C2CC2)cc1OC. The number of aromatic amines is 1. The molecule has 1 aliphatic carbocycles. The molecule has 1 aromatic heterocycles. The summed E-state index contributed by atoms with van der Waals surface area (Å²) in [7, 11) is 3.19. The molecule has 4 aromatic rings. The molecular formula is C31H32ClN3O4. The Morgan fingerprint density at radius 2 is 1.77 bits per heavy atom. The summed E-state index contributed by atoms with van der Waals surface area (Å²) in [4.78, 5) is 34.1. The van der Waals surface area contributed by atoms with E-state index in [2.05, 4.69) is 11.1 Å². The molecule has 5 rings (SSSR count). The molecular weight excluding hydrogens is 514 g/mol. The summed E-state index contributed by atoms with van der Waals surface area (Å²) in [6, 6.07) is 20.8. The van der Waals surface area contributed by atoms with Crippen molar-refractivity contribution in [3.63, 3.8) is 0 Å². The molecule has 3 aromatic carbocycles. The van der Waals surface area contributed by atoms with E-state index in [-0.39, 0.29) is 24.4 Å². The van der Waals surface area contributed by atoms with Crippen molar-refractivity contribution in [2.24, 2.45) is 0 Å². The molecule has 0 bridgehead atoms. The Morgan fingerprint density at radius 1 is 0.974 bits per heavy atom. The molecule has 7 nitrogen and oxygen atoms in total. The first kappa shape index (κ1) is 26.6. The number of halogens is 1. The average Bonchev–Trinajstić information content (AvgIpc) is 3.72. The second-order valence-corrected chi connectivity index (χ2v) is 10.2. The van der Waals surface area contributed by atoms with E-state index in [1.165, 1.54) is 0 Å². The van der Waals surface area contributed by atoms with Crippen molar-refractivity contribution in [2.75, 3.05) is 27.3 Å². The van der Waals surface area contributed by atoms with Gasteiger partial charge in [-0.1, -0.05) is 41.9 Å². The van der Waals surface area contributed by atoms with Crippen molar-refractivity contribution in [3.8, 4) is 11.5 Å². The van der Waals surface area contributed by atoms with Crippen molar-refractivity contribution < 1.29 is 19.1 Å². The Bertz CT molecular complexity index is 1480. The van der Waals surface area contributed by atoms with Gasteiger partial charge in [-0.3, -0.25) is 9.59 Å². The molecule has 0 unspecified atom stereocenters. The second-order valence-electron chi connectivity index (χ2n) is 9.79. The molecule has 1 aliphatic rings. The monoisotopic (exact) mass is 545 g/mol. The van der Waals surface area contributed by atoms with Gasteiger partial charge in [0.15, 0.2) is 11.5 Å². The Kier molecular flexibility index (Phi) is 8.07. The number of aromatic nitrogens is 1. The van der Waals surface area contributed by atoms with Crippen LogP contribution in [0.5, 0.6) is 11.5 Å². The van der Waals surface area contributed by atoms with E-state index in [0.717, 1.165) is 34.9 Å². The number of H-pyrrole nitrogens is 1. The lowest BCUT2D eigenvalue weighted by Crippen LogP contribution is -2.44. The first-order valence-electron chi connectivity index (χ1n) is 13.1. The minimum atomic E-state index is -0.170. The van der Waals surface area contributed by atoms with Crippen LogP contribution in [-0.2, 0) is 17.8 Å². The van der Waals surface area contributed by atoms with Gasteiger partial charge in [0.25, 0.3) is 5.91 Å². The van der Waals surface area contributed by atoms with Gasteiger partial charge in [-0.2, -0.15) is 0 Å².